The highest BCUT2D eigenvalue weighted by atomic mass is 35.5. The van der Waals surface area contributed by atoms with Crippen molar-refractivity contribution in [3.8, 4) is 17.4 Å². The Kier molecular flexibility index (Phi) is 5.03. The Bertz CT molecular complexity index is 651. The summed E-state index contributed by atoms with van der Waals surface area (Å²) in [5, 5.41) is -0.184. The number of halogens is 2. The summed E-state index contributed by atoms with van der Waals surface area (Å²) in [7, 11) is 0. The first-order valence-electron chi connectivity index (χ1n) is 5.94. The number of carbonyl (C=O) groups excluding carboxylic acids is 1. The summed E-state index contributed by atoms with van der Waals surface area (Å²) in [6.45, 7) is 1.59. The maximum absolute atomic E-state index is 13.5. The van der Waals surface area contributed by atoms with Gasteiger partial charge in [0.05, 0.1) is 5.02 Å². The monoisotopic (exact) mass is 327 g/mol. The average Bonchev–Trinajstić information content (AvgIpc) is 2.43. The van der Waals surface area contributed by atoms with Crippen LogP contribution < -0.4 is 9.47 Å². The summed E-state index contributed by atoms with van der Waals surface area (Å²) in [5.41, 5.74) is 0. The first kappa shape index (κ1) is 15.6. The molecule has 0 amide bonds. The Morgan fingerprint density at radius 1 is 1.33 bits per heavy atom. The van der Waals surface area contributed by atoms with Gasteiger partial charge in [-0.3, -0.25) is 4.79 Å². The van der Waals surface area contributed by atoms with E-state index in [4.69, 9.17) is 21.1 Å². The minimum Gasteiger partial charge on any atom is -0.482 e. The van der Waals surface area contributed by atoms with Crippen LogP contribution in [0.3, 0.4) is 0 Å². The van der Waals surface area contributed by atoms with Crippen molar-refractivity contribution in [2.24, 2.45) is 0 Å². The third-order valence-corrected chi connectivity index (χ3v) is 3.04. The molecule has 1 heterocycles. The van der Waals surface area contributed by atoms with Crippen LogP contribution in [0.2, 0.25) is 5.02 Å². The number of benzene rings is 1. The van der Waals surface area contributed by atoms with Gasteiger partial charge in [0, 0.05) is 6.20 Å². The summed E-state index contributed by atoms with van der Waals surface area (Å²) in [5.74, 6) is 0.0202. The van der Waals surface area contributed by atoms with E-state index in [1.54, 1.807) is 31.2 Å². The summed E-state index contributed by atoms with van der Waals surface area (Å²) >= 11 is 9.29. The summed E-state index contributed by atoms with van der Waals surface area (Å²) < 4.78 is 24.2. The molecule has 7 heteroatoms. The molecule has 1 atom stereocenters. The highest BCUT2D eigenvalue weighted by molar-refractivity contribution is 7.96. The number of hydrogen-bond donors (Lipinski definition) is 1. The second-order valence-electron chi connectivity index (χ2n) is 4.11. The van der Waals surface area contributed by atoms with Gasteiger partial charge >= 0.3 is 0 Å². The van der Waals surface area contributed by atoms with Crippen molar-refractivity contribution in [3.63, 3.8) is 0 Å². The van der Waals surface area contributed by atoms with Crippen molar-refractivity contribution < 1.29 is 18.7 Å². The summed E-state index contributed by atoms with van der Waals surface area (Å²) in [4.78, 5) is 14.7. The van der Waals surface area contributed by atoms with Crippen molar-refractivity contribution in [2.45, 2.75) is 13.0 Å². The van der Waals surface area contributed by atoms with E-state index in [2.05, 4.69) is 17.6 Å². The SMILES string of the molecule is CC(Oc1ccc(Oc2ncc(Cl)cc2F)cc1)C(=O)S. The lowest BCUT2D eigenvalue weighted by Gasteiger charge is -2.11. The van der Waals surface area contributed by atoms with E-state index < -0.39 is 11.9 Å². The van der Waals surface area contributed by atoms with Crippen LogP contribution in [0.5, 0.6) is 17.4 Å². The normalized spacial score (nSPS) is 11.8. The molecule has 4 nitrogen and oxygen atoms in total. The molecule has 0 aliphatic rings. The molecule has 0 aliphatic heterocycles. The van der Waals surface area contributed by atoms with Crippen LogP contribution in [-0.4, -0.2) is 16.2 Å². The number of hydrogen-bond acceptors (Lipinski definition) is 4. The minimum atomic E-state index is -0.657. The Morgan fingerprint density at radius 3 is 2.52 bits per heavy atom. The van der Waals surface area contributed by atoms with Crippen molar-refractivity contribution in [3.05, 3.63) is 47.4 Å². The number of pyridine rings is 1. The standard InChI is InChI=1S/C14H11ClFNO3S/c1-8(14(18)21)19-10-2-4-11(5-3-10)20-13-12(16)6-9(15)7-17-13/h2-8H,1H3,(H,18,21). The molecule has 2 rings (SSSR count). The maximum atomic E-state index is 13.5. The van der Waals surface area contributed by atoms with Crippen LogP contribution in [0.1, 0.15) is 6.92 Å². The molecule has 0 fully saturated rings. The van der Waals surface area contributed by atoms with Crippen molar-refractivity contribution in [1.82, 2.24) is 4.98 Å². The smallest absolute Gasteiger partial charge is 0.255 e. The molecule has 1 unspecified atom stereocenters. The zero-order valence-corrected chi connectivity index (χ0v) is 12.6. The number of carbonyl (C=O) groups is 1. The second kappa shape index (κ2) is 6.78. The highest BCUT2D eigenvalue weighted by Gasteiger charge is 2.11. The van der Waals surface area contributed by atoms with E-state index in [9.17, 15) is 9.18 Å². The Morgan fingerprint density at radius 2 is 1.95 bits per heavy atom. The zero-order valence-electron chi connectivity index (χ0n) is 10.9. The van der Waals surface area contributed by atoms with Gasteiger partial charge in [-0.15, -0.1) is 12.6 Å². The average molecular weight is 328 g/mol. The highest BCUT2D eigenvalue weighted by Crippen LogP contribution is 2.26. The van der Waals surface area contributed by atoms with Crippen LogP contribution in [0.15, 0.2) is 36.5 Å². The molecule has 0 N–H and O–H groups in total. The van der Waals surface area contributed by atoms with E-state index >= 15 is 0 Å². The van der Waals surface area contributed by atoms with E-state index in [1.807, 2.05) is 0 Å². The van der Waals surface area contributed by atoms with Gasteiger partial charge in [-0.1, -0.05) is 11.6 Å². The number of rotatable bonds is 5. The minimum absolute atomic E-state index is 0.174. The lowest BCUT2D eigenvalue weighted by Crippen LogP contribution is -2.18. The first-order chi connectivity index (χ1) is 9.95. The molecule has 0 aliphatic carbocycles. The van der Waals surface area contributed by atoms with E-state index in [0.29, 0.717) is 11.5 Å². The molecule has 2 aromatic rings. The van der Waals surface area contributed by atoms with Gasteiger partial charge in [-0.2, -0.15) is 0 Å². The van der Waals surface area contributed by atoms with Crippen LogP contribution in [0.4, 0.5) is 4.39 Å². The van der Waals surface area contributed by atoms with Crippen LogP contribution in [-0.2, 0) is 4.79 Å². The fourth-order valence-corrected chi connectivity index (χ4v) is 1.63. The maximum Gasteiger partial charge on any atom is 0.255 e. The van der Waals surface area contributed by atoms with Gasteiger partial charge in [-0.25, -0.2) is 9.37 Å². The first-order valence-corrected chi connectivity index (χ1v) is 6.76. The topological polar surface area (TPSA) is 48.4 Å². The number of ether oxygens (including phenoxy) is 2. The van der Waals surface area contributed by atoms with Crippen molar-refractivity contribution in [1.29, 1.82) is 0 Å². The van der Waals surface area contributed by atoms with E-state index in [0.717, 1.165) is 6.07 Å². The predicted molar refractivity (Wildman–Crippen MR) is 79.8 cm³/mol. The summed E-state index contributed by atoms with van der Waals surface area (Å²) in [6.07, 6.45) is 0.632. The van der Waals surface area contributed by atoms with Gasteiger partial charge in [0.2, 0.25) is 5.12 Å². The largest absolute Gasteiger partial charge is 0.482 e. The summed E-state index contributed by atoms with van der Waals surface area (Å²) in [6, 6.07) is 7.44. The third kappa shape index (κ3) is 4.34. The number of nitrogens with zero attached hydrogens (tertiary/aromatic N) is 1. The van der Waals surface area contributed by atoms with Crippen LogP contribution in [0, 0.1) is 5.82 Å². The number of aromatic nitrogens is 1. The molecular formula is C14H11ClFNO3S. The van der Waals surface area contributed by atoms with Gasteiger partial charge in [0.25, 0.3) is 5.88 Å². The van der Waals surface area contributed by atoms with Gasteiger partial charge in [-0.05, 0) is 37.3 Å². The Labute approximate surface area is 131 Å². The van der Waals surface area contributed by atoms with Crippen molar-refractivity contribution in [2.75, 3.05) is 0 Å². The molecule has 110 valence electrons. The van der Waals surface area contributed by atoms with Crippen LogP contribution in [0.25, 0.3) is 0 Å². The van der Waals surface area contributed by atoms with Gasteiger partial charge in [0.15, 0.2) is 11.9 Å². The molecule has 1 aromatic heterocycles. The predicted octanol–water partition coefficient (Wildman–Crippen LogP) is 3.89. The van der Waals surface area contributed by atoms with Gasteiger partial charge < -0.3 is 9.47 Å². The lowest BCUT2D eigenvalue weighted by atomic mass is 10.3. The fourth-order valence-electron chi connectivity index (χ4n) is 1.43. The lowest BCUT2D eigenvalue weighted by molar-refractivity contribution is -0.116. The Balaban J connectivity index is 2.07. The third-order valence-electron chi connectivity index (χ3n) is 2.47. The molecule has 1 aromatic carbocycles. The van der Waals surface area contributed by atoms with E-state index in [-0.39, 0.29) is 16.0 Å². The van der Waals surface area contributed by atoms with Gasteiger partial charge in [0.1, 0.15) is 11.5 Å². The van der Waals surface area contributed by atoms with Crippen molar-refractivity contribution >= 4 is 29.3 Å². The molecule has 0 saturated heterocycles. The molecule has 0 radical (unpaired) electrons. The molecule has 0 bridgehead atoms. The molecule has 0 saturated carbocycles. The molecule has 21 heavy (non-hydrogen) atoms. The second-order valence-corrected chi connectivity index (χ2v) is 4.99. The zero-order chi connectivity index (χ0) is 15.4. The quantitative estimate of drug-likeness (QED) is 0.846. The van der Waals surface area contributed by atoms with Crippen LogP contribution >= 0.6 is 24.2 Å². The fraction of sp³-hybridized carbons (Fsp3) is 0.143. The Hall–Kier alpha value is -1.79. The molecular weight excluding hydrogens is 317 g/mol. The number of thiol groups is 1. The molecule has 0 spiro atoms. The van der Waals surface area contributed by atoms with E-state index in [1.165, 1.54) is 6.20 Å².